The van der Waals surface area contributed by atoms with Crippen LogP contribution in [0.4, 0.5) is 0 Å². The van der Waals surface area contributed by atoms with Gasteiger partial charge in [0.1, 0.15) is 5.75 Å². The van der Waals surface area contributed by atoms with Crippen LogP contribution in [0.25, 0.3) is 0 Å². The second-order valence-electron chi connectivity index (χ2n) is 4.49. The van der Waals surface area contributed by atoms with Crippen molar-refractivity contribution in [2.75, 3.05) is 25.4 Å². The number of rotatable bonds is 9. The van der Waals surface area contributed by atoms with Gasteiger partial charge in [-0.1, -0.05) is 19.1 Å². The summed E-state index contributed by atoms with van der Waals surface area (Å²) in [7, 11) is -3.16. The van der Waals surface area contributed by atoms with Gasteiger partial charge in [-0.15, -0.1) is 0 Å². The van der Waals surface area contributed by atoms with Crippen molar-refractivity contribution in [3.05, 3.63) is 29.8 Å². The molecule has 0 aromatic heterocycles. The first-order valence-electron chi connectivity index (χ1n) is 6.92. The second-order valence-corrected chi connectivity index (χ2v) is 6.42. The van der Waals surface area contributed by atoms with Gasteiger partial charge in [0.15, 0.2) is 0 Å². The van der Waals surface area contributed by atoms with E-state index in [1.54, 1.807) is 6.92 Å². The van der Waals surface area contributed by atoms with Gasteiger partial charge in [-0.3, -0.25) is 0 Å². The molecule has 20 heavy (non-hydrogen) atoms. The molecule has 0 fully saturated rings. The molecule has 0 aliphatic heterocycles. The van der Waals surface area contributed by atoms with Crippen LogP contribution < -0.4 is 14.8 Å². The number of benzene rings is 1. The molecule has 0 heterocycles. The summed E-state index contributed by atoms with van der Waals surface area (Å²) < 4.78 is 30.9. The highest BCUT2D eigenvalue weighted by molar-refractivity contribution is 7.89. The zero-order valence-electron chi connectivity index (χ0n) is 12.3. The van der Waals surface area contributed by atoms with E-state index in [9.17, 15) is 8.42 Å². The molecular weight excluding hydrogens is 276 g/mol. The van der Waals surface area contributed by atoms with E-state index in [1.807, 2.05) is 38.1 Å². The van der Waals surface area contributed by atoms with Gasteiger partial charge in [0, 0.05) is 19.1 Å². The van der Waals surface area contributed by atoms with E-state index in [4.69, 9.17) is 4.74 Å². The Labute approximate surface area is 121 Å². The monoisotopic (exact) mass is 300 g/mol. The minimum Gasteiger partial charge on any atom is -0.494 e. The van der Waals surface area contributed by atoms with Gasteiger partial charge in [-0.05, 0) is 31.5 Å². The van der Waals surface area contributed by atoms with Crippen molar-refractivity contribution < 1.29 is 13.2 Å². The second kappa shape index (κ2) is 8.24. The minimum absolute atomic E-state index is 0.0855. The lowest BCUT2D eigenvalue weighted by molar-refractivity contribution is 0.340. The number of hydrogen-bond donors (Lipinski definition) is 2. The predicted octanol–water partition coefficient (Wildman–Crippen LogP) is 1.68. The summed E-state index contributed by atoms with van der Waals surface area (Å²) in [6.07, 6.45) is 0. The van der Waals surface area contributed by atoms with Gasteiger partial charge in [-0.2, -0.15) is 0 Å². The van der Waals surface area contributed by atoms with Crippen molar-refractivity contribution >= 4 is 10.0 Å². The molecule has 0 spiro atoms. The highest BCUT2D eigenvalue weighted by Crippen LogP contribution is 2.17. The molecule has 0 amide bonds. The SMILES string of the molecule is CCNS(=O)(=O)CCNC(C)c1ccc(OCC)cc1. The maximum atomic E-state index is 11.5. The first kappa shape index (κ1) is 16.9. The third-order valence-corrected chi connectivity index (χ3v) is 4.35. The van der Waals surface area contributed by atoms with Gasteiger partial charge in [0.25, 0.3) is 0 Å². The molecule has 0 saturated heterocycles. The van der Waals surface area contributed by atoms with Crippen molar-refractivity contribution in [1.82, 2.24) is 10.0 Å². The van der Waals surface area contributed by atoms with Crippen LogP contribution in [0.5, 0.6) is 5.75 Å². The summed E-state index contributed by atoms with van der Waals surface area (Å²) >= 11 is 0. The van der Waals surface area contributed by atoms with E-state index in [-0.39, 0.29) is 11.8 Å². The molecule has 0 saturated carbocycles. The van der Waals surface area contributed by atoms with Crippen LogP contribution in [0.2, 0.25) is 0 Å². The fourth-order valence-electron chi connectivity index (χ4n) is 1.84. The lowest BCUT2D eigenvalue weighted by Gasteiger charge is -2.15. The van der Waals surface area contributed by atoms with Gasteiger partial charge in [0.05, 0.1) is 12.4 Å². The summed E-state index contributed by atoms with van der Waals surface area (Å²) in [5, 5.41) is 3.20. The van der Waals surface area contributed by atoms with Gasteiger partial charge in [-0.25, -0.2) is 13.1 Å². The molecule has 6 heteroatoms. The van der Waals surface area contributed by atoms with E-state index in [1.165, 1.54) is 0 Å². The Hall–Kier alpha value is -1.11. The Morgan fingerprint density at radius 1 is 1.20 bits per heavy atom. The van der Waals surface area contributed by atoms with Crippen LogP contribution in [0.1, 0.15) is 32.4 Å². The molecule has 0 bridgehead atoms. The summed E-state index contributed by atoms with van der Waals surface area (Å²) in [6, 6.07) is 7.92. The Bertz CT molecular complexity index is 486. The third-order valence-electron chi connectivity index (χ3n) is 2.88. The van der Waals surface area contributed by atoms with E-state index < -0.39 is 10.0 Å². The average Bonchev–Trinajstić information content (AvgIpc) is 2.39. The molecule has 114 valence electrons. The van der Waals surface area contributed by atoms with Gasteiger partial charge in [0.2, 0.25) is 10.0 Å². The first-order chi connectivity index (χ1) is 9.48. The van der Waals surface area contributed by atoms with Crippen molar-refractivity contribution in [3.63, 3.8) is 0 Å². The Morgan fingerprint density at radius 2 is 1.85 bits per heavy atom. The standard InChI is InChI=1S/C14H24N2O3S/c1-4-16-20(17,18)11-10-15-12(3)13-6-8-14(9-7-13)19-5-2/h6-9,12,15-16H,4-5,10-11H2,1-3H3. The Morgan fingerprint density at radius 3 is 2.40 bits per heavy atom. The van der Waals surface area contributed by atoms with Crippen molar-refractivity contribution in [2.24, 2.45) is 0 Å². The normalized spacial score (nSPS) is 13.2. The van der Waals surface area contributed by atoms with Gasteiger partial charge >= 0.3 is 0 Å². The minimum atomic E-state index is -3.16. The first-order valence-corrected chi connectivity index (χ1v) is 8.57. The molecular formula is C14H24N2O3S. The van der Waals surface area contributed by atoms with Crippen molar-refractivity contribution in [2.45, 2.75) is 26.8 Å². The summed E-state index contributed by atoms with van der Waals surface area (Å²) in [4.78, 5) is 0. The molecule has 0 aliphatic carbocycles. The van der Waals surface area contributed by atoms with Gasteiger partial charge < -0.3 is 10.1 Å². The zero-order valence-corrected chi connectivity index (χ0v) is 13.2. The van der Waals surface area contributed by atoms with E-state index in [0.717, 1.165) is 11.3 Å². The van der Waals surface area contributed by atoms with Crippen LogP contribution >= 0.6 is 0 Å². The molecule has 1 rings (SSSR count). The lowest BCUT2D eigenvalue weighted by atomic mass is 10.1. The highest BCUT2D eigenvalue weighted by Gasteiger charge is 2.10. The molecule has 0 aliphatic rings. The third kappa shape index (κ3) is 5.90. The summed E-state index contributed by atoms with van der Waals surface area (Å²) in [5.74, 6) is 0.931. The summed E-state index contributed by atoms with van der Waals surface area (Å²) in [6.45, 7) is 7.22. The molecule has 1 unspecified atom stereocenters. The maximum absolute atomic E-state index is 11.5. The van der Waals surface area contributed by atoms with Crippen LogP contribution in [0, 0.1) is 0 Å². The predicted molar refractivity (Wildman–Crippen MR) is 81.5 cm³/mol. The molecule has 1 aromatic carbocycles. The van der Waals surface area contributed by atoms with E-state index >= 15 is 0 Å². The lowest BCUT2D eigenvalue weighted by Crippen LogP contribution is -2.32. The summed E-state index contributed by atoms with van der Waals surface area (Å²) in [5.41, 5.74) is 1.11. The number of hydrogen-bond acceptors (Lipinski definition) is 4. The van der Waals surface area contributed by atoms with Crippen LogP contribution in [-0.2, 0) is 10.0 Å². The van der Waals surface area contributed by atoms with E-state index in [0.29, 0.717) is 19.7 Å². The molecule has 0 radical (unpaired) electrons. The van der Waals surface area contributed by atoms with Crippen LogP contribution in [-0.4, -0.2) is 33.9 Å². The Balaban J connectivity index is 2.44. The smallest absolute Gasteiger partial charge is 0.212 e. The van der Waals surface area contributed by atoms with Crippen molar-refractivity contribution in [1.29, 1.82) is 0 Å². The molecule has 5 nitrogen and oxygen atoms in total. The topological polar surface area (TPSA) is 67.4 Å². The fourth-order valence-corrected chi connectivity index (χ4v) is 2.81. The molecule has 1 atom stereocenters. The average molecular weight is 300 g/mol. The largest absolute Gasteiger partial charge is 0.494 e. The zero-order chi connectivity index (χ0) is 15.0. The number of ether oxygens (including phenoxy) is 1. The quantitative estimate of drug-likeness (QED) is 0.728. The molecule has 1 aromatic rings. The Kier molecular flexibility index (Phi) is 6.98. The maximum Gasteiger partial charge on any atom is 0.212 e. The van der Waals surface area contributed by atoms with E-state index in [2.05, 4.69) is 10.0 Å². The number of nitrogens with one attached hydrogen (secondary N) is 2. The number of sulfonamides is 1. The van der Waals surface area contributed by atoms with Crippen LogP contribution in [0.3, 0.4) is 0 Å². The fraction of sp³-hybridized carbons (Fsp3) is 0.571. The van der Waals surface area contributed by atoms with Crippen molar-refractivity contribution in [3.8, 4) is 5.75 Å². The molecule has 2 N–H and O–H groups in total. The van der Waals surface area contributed by atoms with Crippen LogP contribution in [0.15, 0.2) is 24.3 Å². The highest BCUT2D eigenvalue weighted by atomic mass is 32.2.